The minimum atomic E-state index is -0.450. The standard InChI is InChI=1S/C11H15NO2/c1-3-7-5-9(11(12)14)6-8(4-2)10(7)13/h5-6,13H,3-4H2,1-2H3,(H2,12,14). The summed E-state index contributed by atoms with van der Waals surface area (Å²) >= 11 is 0. The maximum Gasteiger partial charge on any atom is 0.248 e. The average Bonchev–Trinajstić information content (AvgIpc) is 2.17. The van der Waals surface area contributed by atoms with Crippen molar-refractivity contribution in [2.75, 3.05) is 0 Å². The molecule has 0 aromatic heterocycles. The molecular formula is C11H15NO2. The van der Waals surface area contributed by atoms with Crippen molar-refractivity contribution in [3.05, 3.63) is 28.8 Å². The summed E-state index contributed by atoms with van der Waals surface area (Å²) in [6.07, 6.45) is 1.39. The second-order valence-corrected chi connectivity index (χ2v) is 3.21. The van der Waals surface area contributed by atoms with E-state index < -0.39 is 5.91 Å². The van der Waals surface area contributed by atoms with E-state index in [2.05, 4.69) is 0 Å². The lowest BCUT2D eigenvalue weighted by Gasteiger charge is -2.08. The monoisotopic (exact) mass is 193 g/mol. The molecule has 0 heterocycles. The molecule has 76 valence electrons. The van der Waals surface area contributed by atoms with Crippen LogP contribution >= 0.6 is 0 Å². The largest absolute Gasteiger partial charge is 0.507 e. The van der Waals surface area contributed by atoms with Gasteiger partial charge in [0, 0.05) is 5.56 Å². The molecule has 3 heteroatoms. The van der Waals surface area contributed by atoms with Crippen molar-refractivity contribution in [3.8, 4) is 5.75 Å². The first-order chi connectivity index (χ1) is 6.60. The summed E-state index contributed by atoms with van der Waals surface area (Å²) in [5.74, 6) is -0.158. The molecule has 1 aromatic rings. The molecule has 1 amide bonds. The van der Waals surface area contributed by atoms with Gasteiger partial charge in [0.05, 0.1) is 0 Å². The fourth-order valence-corrected chi connectivity index (χ4v) is 1.44. The van der Waals surface area contributed by atoms with Gasteiger partial charge in [-0.3, -0.25) is 4.79 Å². The van der Waals surface area contributed by atoms with Gasteiger partial charge in [0.2, 0.25) is 5.91 Å². The Bertz CT molecular complexity index is 333. The molecule has 0 spiro atoms. The van der Waals surface area contributed by atoms with Gasteiger partial charge in [0.25, 0.3) is 0 Å². The lowest BCUT2D eigenvalue weighted by atomic mass is 10.0. The van der Waals surface area contributed by atoms with Crippen LogP contribution in [0.25, 0.3) is 0 Å². The molecule has 1 aromatic carbocycles. The van der Waals surface area contributed by atoms with Gasteiger partial charge in [-0.1, -0.05) is 13.8 Å². The van der Waals surface area contributed by atoms with Crippen molar-refractivity contribution in [3.63, 3.8) is 0 Å². The second-order valence-electron chi connectivity index (χ2n) is 3.21. The first-order valence-corrected chi connectivity index (χ1v) is 4.74. The number of carbonyl (C=O) groups is 1. The molecule has 3 nitrogen and oxygen atoms in total. The summed E-state index contributed by atoms with van der Waals surface area (Å²) in [7, 11) is 0. The highest BCUT2D eigenvalue weighted by Gasteiger charge is 2.09. The van der Waals surface area contributed by atoms with E-state index in [0.717, 1.165) is 11.1 Å². The van der Waals surface area contributed by atoms with Crippen molar-refractivity contribution < 1.29 is 9.90 Å². The summed E-state index contributed by atoms with van der Waals surface area (Å²) in [4.78, 5) is 11.0. The molecule has 0 saturated heterocycles. The van der Waals surface area contributed by atoms with E-state index in [1.165, 1.54) is 0 Å². The maximum absolute atomic E-state index is 11.0. The zero-order chi connectivity index (χ0) is 10.7. The third kappa shape index (κ3) is 1.87. The van der Waals surface area contributed by atoms with E-state index in [1.807, 2.05) is 13.8 Å². The van der Waals surface area contributed by atoms with Crippen LogP contribution in [0.5, 0.6) is 5.75 Å². The first kappa shape index (κ1) is 10.6. The van der Waals surface area contributed by atoms with Crippen molar-refractivity contribution in [2.45, 2.75) is 26.7 Å². The van der Waals surface area contributed by atoms with Crippen molar-refractivity contribution in [1.29, 1.82) is 0 Å². The molecule has 0 aliphatic rings. The third-order valence-corrected chi connectivity index (χ3v) is 2.31. The predicted octanol–water partition coefficient (Wildman–Crippen LogP) is 1.62. The number of nitrogens with two attached hydrogens (primary N) is 1. The number of carbonyl (C=O) groups excluding carboxylic acids is 1. The molecule has 0 fully saturated rings. The van der Waals surface area contributed by atoms with Gasteiger partial charge in [0.1, 0.15) is 5.75 Å². The number of rotatable bonds is 3. The Kier molecular flexibility index (Phi) is 3.12. The zero-order valence-corrected chi connectivity index (χ0v) is 8.50. The topological polar surface area (TPSA) is 63.3 Å². The fraction of sp³-hybridized carbons (Fsp3) is 0.364. The van der Waals surface area contributed by atoms with Gasteiger partial charge >= 0.3 is 0 Å². The SMILES string of the molecule is CCc1cc(C(N)=O)cc(CC)c1O. The van der Waals surface area contributed by atoms with Crippen LogP contribution in [-0.4, -0.2) is 11.0 Å². The predicted molar refractivity (Wildman–Crippen MR) is 55.4 cm³/mol. The van der Waals surface area contributed by atoms with Gasteiger partial charge in [-0.05, 0) is 36.1 Å². The number of primary amides is 1. The number of hydrogen-bond acceptors (Lipinski definition) is 2. The van der Waals surface area contributed by atoms with E-state index in [1.54, 1.807) is 12.1 Å². The van der Waals surface area contributed by atoms with Crippen LogP contribution < -0.4 is 5.73 Å². The molecule has 3 N–H and O–H groups in total. The van der Waals surface area contributed by atoms with E-state index in [-0.39, 0.29) is 0 Å². The smallest absolute Gasteiger partial charge is 0.248 e. The van der Waals surface area contributed by atoms with Gasteiger partial charge < -0.3 is 10.8 Å². The Morgan fingerprint density at radius 1 is 1.29 bits per heavy atom. The zero-order valence-electron chi connectivity index (χ0n) is 8.50. The van der Waals surface area contributed by atoms with Gasteiger partial charge in [-0.2, -0.15) is 0 Å². The van der Waals surface area contributed by atoms with E-state index >= 15 is 0 Å². The number of phenols is 1. The van der Waals surface area contributed by atoms with Crippen LogP contribution in [-0.2, 0) is 12.8 Å². The lowest BCUT2D eigenvalue weighted by molar-refractivity contribution is 0.1000. The molecule has 0 aliphatic heterocycles. The summed E-state index contributed by atoms with van der Waals surface area (Å²) in [5.41, 5.74) is 7.21. The molecule has 1 rings (SSSR count). The minimum Gasteiger partial charge on any atom is -0.507 e. The van der Waals surface area contributed by atoms with Crippen LogP contribution in [0.2, 0.25) is 0 Å². The molecule has 0 saturated carbocycles. The highest BCUT2D eigenvalue weighted by molar-refractivity contribution is 5.93. The summed E-state index contributed by atoms with van der Waals surface area (Å²) < 4.78 is 0. The Hall–Kier alpha value is -1.51. The Labute approximate surface area is 83.6 Å². The molecule has 14 heavy (non-hydrogen) atoms. The van der Waals surface area contributed by atoms with Gasteiger partial charge in [-0.25, -0.2) is 0 Å². The molecule has 0 unspecified atom stereocenters. The number of benzene rings is 1. The molecule has 0 atom stereocenters. The maximum atomic E-state index is 11.0. The summed E-state index contributed by atoms with van der Waals surface area (Å²) in [6.45, 7) is 3.86. The van der Waals surface area contributed by atoms with Crippen LogP contribution in [0.4, 0.5) is 0 Å². The first-order valence-electron chi connectivity index (χ1n) is 4.74. The van der Waals surface area contributed by atoms with E-state index in [0.29, 0.717) is 24.2 Å². The van der Waals surface area contributed by atoms with E-state index in [4.69, 9.17) is 5.73 Å². The quantitative estimate of drug-likeness (QED) is 0.766. The highest BCUT2D eigenvalue weighted by Crippen LogP contribution is 2.25. The number of aromatic hydroxyl groups is 1. The Balaban J connectivity index is 3.32. The Morgan fingerprint density at radius 3 is 2.00 bits per heavy atom. The lowest BCUT2D eigenvalue weighted by Crippen LogP contribution is -2.12. The van der Waals surface area contributed by atoms with Crippen LogP contribution in [0.15, 0.2) is 12.1 Å². The minimum absolute atomic E-state index is 0.292. The molecular weight excluding hydrogens is 178 g/mol. The summed E-state index contributed by atoms with van der Waals surface area (Å²) in [6, 6.07) is 3.30. The van der Waals surface area contributed by atoms with Crippen LogP contribution in [0.3, 0.4) is 0 Å². The van der Waals surface area contributed by atoms with Gasteiger partial charge in [0.15, 0.2) is 0 Å². The number of aryl methyl sites for hydroxylation is 2. The number of amides is 1. The third-order valence-electron chi connectivity index (χ3n) is 2.31. The normalized spacial score (nSPS) is 10.1. The molecule has 0 aliphatic carbocycles. The average molecular weight is 193 g/mol. The number of hydrogen-bond donors (Lipinski definition) is 2. The van der Waals surface area contributed by atoms with Gasteiger partial charge in [-0.15, -0.1) is 0 Å². The van der Waals surface area contributed by atoms with E-state index in [9.17, 15) is 9.90 Å². The molecule has 0 bridgehead atoms. The van der Waals surface area contributed by atoms with Crippen LogP contribution in [0, 0.1) is 0 Å². The number of phenolic OH excluding ortho intramolecular Hbond substituents is 1. The van der Waals surface area contributed by atoms with Crippen LogP contribution in [0.1, 0.15) is 35.3 Å². The highest BCUT2D eigenvalue weighted by atomic mass is 16.3. The summed E-state index contributed by atoms with van der Waals surface area (Å²) in [5, 5.41) is 9.74. The Morgan fingerprint density at radius 2 is 1.71 bits per heavy atom. The second kappa shape index (κ2) is 4.13. The fourth-order valence-electron chi connectivity index (χ4n) is 1.44. The van der Waals surface area contributed by atoms with Crippen molar-refractivity contribution >= 4 is 5.91 Å². The van der Waals surface area contributed by atoms with Crippen molar-refractivity contribution in [1.82, 2.24) is 0 Å². The van der Waals surface area contributed by atoms with Crippen molar-refractivity contribution in [2.24, 2.45) is 5.73 Å². The molecule has 0 radical (unpaired) electrons.